The molecule has 1 aliphatic carbocycles. The van der Waals surface area contributed by atoms with Crippen molar-refractivity contribution >= 4 is 5.82 Å². The first-order chi connectivity index (χ1) is 5.54. The second kappa shape index (κ2) is 2.00. The summed E-state index contributed by atoms with van der Waals surface area (Å²) in [6, 6.07) is 1.75. The number of nitrogen functional groups attached to an aromatic ring is 1. The van der Waals surface area contributed by atoms with Crippen LogP contribution in [0.4, 0.5) is 10.2 Å². The number of halogens is 1. The Labute approximate surface area is 70.4 Å². The summed E-state index contributed by atoms with van der Waals surface area (Å²) in [4.78, 5) is 0. The van der Waals surface area contributed by atoms with Crippen LogP contribution in [0.5, 0.6) is 0 Å². The molecule has 0 aromatic carbocycles. The maximum absolute atomic E-state index is 12.9. The fraction of sp³-hybridized carbons (Fsp3) is 0.625. The van der Waals surface area contributed by atoms with E-state index in [0.717, 1.165) is 5.69 Å². The average molecular weight is 169 g/mol. The highest BCUT2D eigenvalue weighted by atomic mass is 19.1. The van der Waals surface area contributed by atoms with Crippen molar-refractivity contribution in [1.82, 2.24) is 9.78 Å². The highest BCUT2D eigenvalue weighted by Crippen LogP contribution is 2.49. The molecule has 1 heterocycles. The second-order valence-corrected chi connectivity index (χ2v) is 3.67. The molecule has 1 fully saturated rings. The minimum atomic E-state index is -0.744. The highest BCUT2D eigenvalue weighted by molar-refractivity contribution is 5.38. The lowest BCUT2D eigenvalue weighted by molar-refractivity contribution is 0.427. The van der Waals surface area contributed by atoms with Crippen molar-refractivity contribution in [3.05, 3.63) is 11.8 Å². The van der Waals surface area contributed by atoms with Gasteiger partial charge in [-0.3, -0.25) is 4.68 Å². The molecule has 0 saturated heterocycles. The number of aromatic nitrogens is 2. The lowest BCUT2D eigenvalue weighted by atomic mass is 10.1. The third-order valence-corrected chi connectivity index (χ3v) is 2.64. The van der Waals surface area contributed by atoms with Crippen LogP contribution in [0.3, 0.4) is 0 Å². The summed E-state index contributed by atoms with van der Waals surface area (Å²) in [5.41, 5.74) is 6.00. The van der Waals surface area contributed by atoms with Gasteiger partial charge < -0.3 is 5.73 Å². The van der Waals surface area contributed by atoms with E-state index in [2.05, 4.69) is 5.10 Å². The van der Waals surface area contributed by atoms with Crippen LogP contribution in [0.1, 0.15) is 19.0 Å². The van der Waals surface area contributed by atoms with Crippen molar-refractivity contribution in [2.45, 2.75) is 24.9 Å². The SMILES string of the molecule is Cn1nc(C2(C)CC2F)cc1N. The number of nitrogens with two attached hydrogens (primary N) is 1. The lowest BCUT2D eigenvalue weighted by Crippen LogP contribution is -2.06. The monoisotopic (exact) mass is 169 g/mol. The molecule has 0 aliphatic heterocycles. The van der Waals surface area contributed by atoms with Crippen LogP contribution in [-0.2, 0) is 12.5 Å². The normalized spacial score (nSPS) is 33.8. The zero-order valence-electron chi connectivity index (χ0n) is 7.21. The quantitative estimate of drug-likeness (QED) is 0.681. The third kappa shape index (κ3) is 0.838. The summed E-state index contributed by atoms with van der Waals surface area (Å²) >= 11 is 0. The van der Waals surface area contributed by atoms with E-state index in [-0.39, 0.29) is 5.41 Å². The average Bonchev–Trinajstić information content (AvgIpc) is 2.44. The predicted octanol–water partition coefficient (Wildman–Crippen LogP) is 1.00. The summed E-state index contributed by atoms with van der Waals surface area (Å²) in [6.45, 7) is 1.87. The van der Waals surface area contributed by atoms with Crippen molar-refractivity contribution < 1.29 is 4.39 Å². The number of hydrogen-bond donors (Lipinski definition) is 1. The first-order valence-corrected chi connectivity index (χ1v) is 3.98. The molecule has 1 saturated carbocycles. The first-order valence-electron chi connectivity index (χ1n) is 3.98. The van der Waals surface area contributed by atoms with Crippen molar-refractivity contribution in [1.29, 1.82) is 0 Å². The molecule has 2 N–H and O–H groups in total. The summed E-state index contributed by atoms with van der Waals surface area (Å²) in [5, 5.41) is 4.15. The van der Waals surface area contributed by atoms with Crippen molar-refractivity contribution in [3.63, 3.8) is 0 Å². The van der Waals surface area contributed by atoms with Crippen LogP contribution in [0, 0.1) is 0 Å². The van der Waals surface area contributed by atoms with Gasteiger partial charge in [-0.15, -0.1) is 0 Å². The van der Waals surface area contributed by atoms with Crippen molar-refractivity contribution in [2.75, 3.05) is 5.73 Å². The van der Waals surface area contributed by atoms with E-state index < -0.39 is 6.17 Å². The van der Waals surface area contributed by atoms with E-state index in [0.29, 0.717) is 12.2 Å². The molecule has 4 heteroatoms. The van der Waals surface area contributed by atoms with Gasteiger partial charge in [-0.2, -0.15) is 5.10 Å². The van der Waals surface area contributed by atoms with E-state index in [9.17, 15) is 4.39 Å². The van der Waals surface area contributed by atoms with Gasteiger partial charge >= 0.3 is 0 Å². The van der Waals surface area contributed by atoms with E-state index in [1.807, 2.05) is 6.92 Å². The Morgan fingerprint density at radius 1 is 1.83 bits per heavy atom. The number of aryl methyl sites for hydroxylation is 1. The fourth-order valence-corrected chi connectivity index (χ4v) is 1.34. The first kappa shape index (κ1) is 7.58. The lowest BCUT2D eigenvalue weighted by Gasteiger charge is -2.01. The Balaban J connectivity index is 2.36. The minimum Gasteiger partial charge on any atom is -0.384 e. The molecule has 2 rings (SSSR count). The van der Waals surface area contributed by atoms with Crippen LogP contribution < -0.4 is 5.73 Å². The summed E-state index contributed by atoms with van der Waals surface area (Å²) in [7, 11) is 1.76. The molecule has 1 aromatic rings. The maximum Gasteiger partial charge on any atom is 0.121 e. The molecular weight excluding hydrogens is 157 g/mol. The second-order valence-electron chi connectivity index (χ2n) is 3.67. The van der Waals surface area contributed by atoms with Gasteiger partial charge in [0.25, 0.3) is 0 Å². The molecule has 0 radical (unpaired) electrons. The molecule has 0 amide bonds. The van der Waals surface area contributed by atoms with Gasteiger partial charge in [0.1, 0.15) is 12.0 Å². The van der Waals surface area contributed by atoms with Crippen LogP contribution >= 0.6 is 0 Å². The molecule has 2 unspecified atom stereocenters. The molecule has 1 aromatic heterocycles. The van der Waals surface area contributed by atoms with E-state index >= 15 is 0 Å². The Bertz CT molecular complexity index is 301. The molecule has 12 heavy (non-hydrogen) atoms. The standard InChI is InChI=1S/C8H12FN3/c1-8(4-5(8)9)6-3-7(10)12(2)11-6/h3,5H,4,10H2,1-2H3. The molecule has 66 valence electrons. The fourth-order valence-electron chi connectivity index (χ4n) is 1.34. The number of rotatable bonds is 1. The van der Waals surface area contributed by atoms with Crippen LogP contribution in [0.25, 0.3) is 0 Å². The molecule has 3 nitrogen and oxygen atoms in total. The van der Waals surface area contributed by atoms with Crippen molar-refractivity contribution in [3.8, 4) is 0 Å². The largest absolute Gasteiger partial charge is 0.384 e. The predicted molar refractivity (Wildman–Crippen MR) is 44.5 cm³/mol. The van der Waals surface area contributed by atoms with Gasteiger partial charge in [-0.25, -0.2) is 4.39 Å². The Hall–Kier alpha value is -1.06. The topological polar surface area (TPSA) is 43.8 Å². The summed E-state index contributed by atoms with van der Waals surface area (Å²) in [5.74, 6) is 0.588. The Morgan fingerprint density at radius 2 is 2.42 bits per heavy atom. The van der Waals surface area contributed by atoms with Crippen molar-refractivity contribution in [2.24, 2.45) is 7.05 Å². The zero-order chi connectivity index (χ0) is 8.93. The number of anilines is 1. The summed E-state index contributed by atoms with van der Waals surface area (Å²) in [6.07, 6.45) is -0.171. The van der Waals surface area contributed by atoms with E-state index in [4.69, 9.17) is 5.73 Å². The molecule has 1 aliphatic rings. The minimum absolute atomic E-state index is 0.366. The van der Waals surface area contributed by atoms with E-state index in [1.165, 1.54) is 0 Å². The van der Waals surface area contributed by atoms with Crippen LogP contribution in [-0.4, -0.2) is 16.0 Å². The van der Waals surface area contributed by atoms with Gasteiger partial charge in [-0.1, -0.05) is 6.92 Å². The number of hydrogen-bond acceptors (Lipinski definition) is 2. The van der Waals surface area contributed by atoms with Gasteiger partial charge in [0.05, 0.1) is 5.69 Å². The number of nitrogens with zero attached hydrogens (tertiary/aromatic N) is 2. The summed E-state index contributed by atoms with van der Waals surface area (Å²) < 4.78 is 14.5. The Kier molecular flexibility index (Phi) is 1.26. The maximum atomic E-state index is 12.9. The number of alkyl halides is 1. The highest BCUT2D eigenvalue weighted by Gasteiger charge is 2.54. The van der Waals surface area contributed by atoms with Gasteiger partial charge in [-0.05, 0) is 6.42 Å². The zero-order valence-corrected chi connectivity index (χ0v) is 7.21. The molecule has 0 spiro atoms. The smallest absolute Gasteiger partial charge is 0.121 e. The van der Waals surface area contributed by atoms with Gasteiger partial charge in [0.2, 0.25) is 0 Å². The molecule has 2 atom stereocenters. The van der Waals surface area contributed by atoms with Crippen LogP contribution in [0.15, 0.2) is 6.07 Å². The third-order valence-electron chi connectivity index (χ3n) is 2.64. The Morgan fingerprint density at radius 3 is 2.75 bits per heavy atom. The van der Waals surface area contributed by atoms with Crippen LogP contribution in [0.2, 0.25) is 0 Å². The van der Waals surface area contributed by atoms with Gasteiger partial charge in [0, 0.05) is 18.5 Å². The van der Waals surface area contributed by atoms with Gasteiger partial charge in [0.15, 0.2) is 0 Å². The van der Waals surface area contributed by atoms with E-state index in [1.54, 1.807) is 17.8 Å². The molecular formula is C8H12FN3. The molecule has 0 bridgehead atoms.